The molecule has 3 aromatic rings. The minimum Gasteiger partial charge on any atom is -0.384 e. The number of hydrogen-bond donors (Lipinski definition) is 2. The summed E-state index contributed by atoms with van der Waals surface area (Å²) in [4.78, 5) is 17.8. The van der Waals surface area contributed by atoms with E-state index in [2.05, 4.69) is 26.2 Å². The van der Waals surface area contributed by atoms with E-state index in [0.29, 0.717) is 10.8 Å². The predicted molar refractivity (Wildman–Crippen MR) is 123 cm³/mol. The highest BCUT2D eigenvalue weighted by Crippen LogP contribution is 2.43. The van der Waals surface area contributed by atoms with Crippen LogP contribution in [0.1, 0.15) is 25.5 Å². The number of ether oxygens (including phenoxy) is 1. The number of hydrogen-bond acceptors (Lipinski definition) is 8. The Labute approximate surface area is 190 Å². The van der Waals surface area contributed by atoms with Crippen LogP contribution in [-0.4, -0.2) is 51.2 Å². The van der Waals surface area contributed by atoms with Crippen molar-refractivity contribution in [1.29, 1.82) is 0 Å². The summed E-state index contributed by atoms with van der Waals surface area (Å²) in [7, 11) is 0. The Morgan fingerprint density at radius 1 is 1.29 bits per heavy atom. The van der Waals surface area contributed by atoms with Gasteiger partial charge in [-0.1, -0.05) is 23.4 Å². The van der Waals surface area contributed by atoms with Crippen LogP contribution in [0.15, 0.2) is 34.4 Å². The van der Waals surface area contributed by atoms with Crippen molar-refractivity contribution >= 4 is 40.8 Å². The fourth-order valence-corrected chi connectivity index (χ4v) is 5.84. The van der Waals surface area contributed by atoms with Gasteiger partial charge < -0.3 is 21.1 Å². The summed E-state index contributed by atoms with van der Waals surface area (Å²) < 4.78 is 7.92. The Hall–Kier alpha value is -2.07. The fourth-order valence-electron chi connectivity index (χ4n) is 4.64. The summed E-state index contributed by atoms with van der Waals surface area (Å²) in [5.74, 6) is 1.34. The highest BCUT2D eigenvalue weighted by Gasteiger charge is 2.47. The average molecular weight is 460 g/mol. The molecule has 2 fully saturated rings. The summed E-state index contributed by atoms with van der Waals surface area (Å²) >= 11 is 7.85. The molecule has 0 unspecified atom stereocenters. The zero-order valence-electron chi connectivity index (χ0n) is 17.6. The maximum Gasteiger partial charge on any atom is 0.211 e. The normalized spacial score (nSPS) is 23.2. The second-order valence-electron chi connectivity index (χ2n) is 8.48. The Kier molecular flexibility index (Phi) is 5.24. The molecule has 31 heavy (non-hydrogen) atoms. The second-order valence-corrected chi connectivity index (χ2v) is 9.94. The van der Waals surface area contributed by atoms with E-state index in [-0.39, 0.29) is 17.6 Å². The lowest BCUT2D eigenvalue weighted by Gasteiger charge is -2.41. The first-order valence-electron chi connectivity index (χ1n) is 10.4. The van der Waals surface area contributed by atoms with Crippen LogP contribution in [-0.2, 0) is 4.74 Å². The summed E-state index contributed by atoms with van der Waals surface area (Å²) in [6.45, 7) is 6.62. The van der Waals surface area contributed by atoms with Crippen molar-refractivity contribution < 1.29 is 4.74 Å². The smallest absolute Gasteiger partial charge is 0.211 e. The van der Waals surface area contributed by atoms with Crippen LogP contribution in [0.2, 0.25) is 5.02 Å². The number of nitrogens with zero attached hydrogens (tertiary/aromatic N) is 5. The molecule has 2 atom stereocenters. The number of nitrogens with two attached hydrogens (primary N) is 2. The average Bonchev–Trinajstić information content (AvgIpc) is 3.35. The van der Waals surface area contributed by atoms with Crippen molar-refractivity contribution in [3.8, 4) is 0 Å². The summed E-state index contributed by atoms with van der Waals surface area (Å²) in [6, 6.07) is 1.87. The van der Waals surface area contributed by atoms with Gasteiger partial charge in [-0.2, -0.15) is 0 Å². The molecule has 4 N–H and O–H groups in total. The zero-order valence-corrected chi connectivity index (χ0v) is 19.2. The highest BCUT2D eigenvalue weighted by molar-refractivity contribution is 7.99. The zero-order chi connectivity index (χ0) is 21.8. The lowest BCUT2D eigenvalue weighted by atomic mass is 9.73. The van der Waals surface area contributed by atoms with E-state index in [1.807, 2.05) is 13.1 Å². The number of rotatable bonds is 3. The van der Waals surface area contributed by atoms with Crippen LogP contribution in [0.25, 0.3) is 5.65 Å². The molecule has 2 aliphatic heterocycles. The topological polar surface area (TPSA) is 108 Å². The minimum atomic E-state index is 0.0762. The number of piperidine rings is 1. The molecule has 0 saturated carbocycles. The van der Waals surface area contributed by atoms with Gasteiger partial charge in [-0.05, 0) is 32.8 Å². The minimum absolute atomic E-state index is 0.0762. The number of aryl methyl sites for hydroxylation is 1. The van der Waals surface area contributed by atoms with E-state index in [4.69, 9.17) is 32.8 Å². The molecule has 8 nitrogen and oxygen atoms in total. The number of anilines is 2. The molecule has 3 aromatic heterocycles. The lowest BCUT2D eigenvalue weighted by Crippen LogP contribution is -2.51. The number of nitrogen functional groups attached to an aromatic ring is 1. The first-order chi connectivity index (χ1) is 14.9. The molecule has 0 amide bonds. The number of pyridine rings is 1. The summed E-state index contributed by atoms with van der Waals surface area (Å²) in [6.07, 6.45) is 7.45. The molecule has 2 aliphatic rings. The standard InChI is InChI=1S/C21H26ClN7OS/c1-12-17(31-15-9-16(23)26-10-14(15)22)19-25-5-8-29(19)20(27-12)28-6-3-21(4-7-28)11-30-13(2)18(21)24/h5,8-10,13,18H,3-4,6-7,11,24H2,1-2H3,(H2,23,26)/t13-,18+/m0/s1. The largest absolute Gasteiger partial charge is 0.384 e. The molecule has 10 heteroatoms. The third kappa shape index (κ3) is 3.53. The van der Waals surface area contributed by atoms with Gasteiger partial charge in [0.25, 0.3) is 0 Å². The van der Waals surface area contributed by atoms with E-state index in [1.54, 1.807) is 18.5 Å². The van der Waals surface area contributed by atoms with Crippen molar-refractivity contribution in [2.75, 3.05) is 30.3 Å². The van der Waals surface area contributed by atoms with Crippen molar-refractivity contribution in [3.05, 3.63) is 35.4 Å². The Balaban J connectivity index is 1.45. The van der Waals surface area contributed by atoms with Crippen molar-refractivity contribution in [3.63, 3.8) is 0 Å². The van der Waals surface area contributed by atoms with E-state index in [1.165, 1.54) is 11.8 Å². The van der Waals surface area contributed by atoms with E-state index >= 15 is 0 Å². The van der Waals surface area contributed by atoms with Crippen LogP contribution in [0, 0.1) is 12.3 Å². The van der Waals surface area contributed by atoms with Gasteiger partial charge >= 0.3 is 0 Å². The van der Waals surface area contributed by atoms with Gasteiger partial charge in [0.15, 0.2) is 5.65 Å². The van der Waals surface area contributed by atoms with Crippen LogP contribution < -0.4 is 16.4 Å². The predicted octanol–water partition coefficient (Wildman–Crippen LogP) is 3.15. The fraction of sp³-hybridized carbons (Fsp3) is 0.476. The molecular weight excluding hydrogens is 434 g/mol. The first kappa shape index (κ1) is 20.8. The maximum atomic E-state index is 6.48. The van der Waals surface area contributed by atoms with Gasteiger partial charge in [-0.3, -0.25) is 4.40 Å². The number of aromatic nitrogens is 4. The van der Waals surface area contributed by atoms with Gasteiger partial charge in [0, 0.05) is 48.0 Å². The molecule has 164 valence electrons. The van der Waals surface area contributed by atoms with Gasteiger partial charge in [-0.15, -0.1) is 0 Å². The first-order valence-corrected chi connectivity index (χ1v) is 11.6. The van der Waals surface area contributed by atoms with Crippen LogP contribution in [0.5, 0.6) is 0 Å². The van der Waals surface area contributed by atoms with Gasteiger partial charge in [0.05, 0.1) is 28.3 Å². The Morgan fingerprint density at radius 3 is 2.77 bits per heavy atom. The number of fused-ring (bicyclic) bond motifs is 1. The van der Waals surface area contributed by atoms with Crippen molar-refractivity contribution in [2.24, 2.45) is 11.1 Å². The second kappa shape index (κ2) is 7.81. The molecule has 0 aromatic carbocycles. The van der Waals surface area contributed by atoms with Crippen LogP contribution >= 0.6 is 23.4 Å². The van der Waals surface area contributed by atoms with Gasteiger partial charge in [0.1, 0.15) is 5.82 Å². The highest BCUT2D eigenvalue weighted by atomic mass is 35.5. The number of imidazole rings is 1. The molecule has 1 spiro atoms. The quantitative estimate of drug-likeness (QED) is 0.615. The molecule has 2 saturated heterocycles. The Bertz CT molecular complexity index is 1130. The summed E-state index contributed by atoms with van der Waals surface area (Å²) in [5.41, 5.74) is 14.2. The van der Waals surface area contributed by atoms with Crippen LogP contribution in [0.3, 0.4) is 0 Å². The SMILES string of the molecule is Cc1nc(N2CCC3(CC2)CO[C@@H](C)[C@H]3N)n2ccnc2c1Sc1cc(N)ncc1Cl. The third-order valence-corrected chi connectivity index (χ3v) is 8.25. The van der Waals surface area contributed by atoms with Crippen LogP contribution in [0.4, 0.5) is 11.8 Å². The molecule has 0 radical (unpaired) electrons. The third-order valence-electron chi connectivity index (χ3n) is 6.60. The molecule has 0 bridgehead atoms. The van der Waals surface area contributed by atoms with Crippen molar-refractivity contribution in [1.82, 2.24) is 19.4 Å². The summed E-state index contributed by atoms with van der Waals surface area (Å²) in [5, 5.41) is 0.554. The molecule has 5 rings (SSSR count). The van der Waals surface area contributed by atoms with Crippen molar-refractivity contribution in [2.45, 2.75) is 48.6 Å². The Morgan fingerprint density at radius 2 is 2.06 bits per heavy atom. The van der Waals surface area contributed by atoms with Gasteiger partial charge in [0.2, 0.25) is 5.95 Å². The van der Waals surface area contributed by atoms with E-state index in [9.17, 15) is 0 Å². The lowest BCUT2D eigenvalue weighted by molar-refractivity contribution is 0.0973. The van der Waals surface area contributed by atoms with E-state index < -0.39 is 0 Å². The molecule has 0 aliphatic carbocycles. The van der Waals surface area contributed by atoms with Gasteiger partial charge in [-0.25, -0.2) is 15.0 Å². The molecule has 5 heterocycles. The monoisotopic (exact) mass is 459 g/mol. The van der Waals surface area contributed by atoms with E-state index in [0.717, 1.165) is 59.6 Å². The number of halogens is 1. The molecular formula is C21H26ClN7OS. The maximum absolute atomic E-state index is 6.48.